The normalized spacial score (nSPS) is 14.5. The number of likely N-dealkylation sites (tertiary alicyclic amines) is 2. The Morgan fingerprint density at radius 3 is 1.49 bits per heavy atom. The van der Waals surface area contributed by atoms with Crippen LogP contribution in [-0.4, -0.2) is 120 Å². The summed E-state index contributed by atoms with van der Waals surface area (Å²) < 4.78 is 3.01. The molecule has 4 aromatic carbocycles. The predicted octanol–water partition coefficient (Wildman–Crippen LogP) is 7.33. The summed E-state index contributed by atoms with van der Waals surface area (Å²) in [5.41, 5.74) is 12.0. The van der Waals surface area contributed by atoms with E-state index in [1.54, 1.807) is 40.3 Å². The molecule has 3 N–H and O–H groups in total. The van der Waals surface area contributed by atoms with E-state index in [4.69, 9.17) is 10.8 Å². The second-order valence-electron chi connectivity index (χ2n) is 15.5. The number of carbonyl (C=O) groups excluding carboxylic acids is 2. The maximum Gasteiger partial charge on any atom is 0.329 e. The zero-order valence-electron chi connectivity index (χ0n) is 35.9. The molecule has 6 aromatic rings. The SMILES string of the molecule is CN(C(=O)n1cnc(-c2cccc(N)c2)c1)C1CCN(Cc2ccccc2)CC1.CN(C(=O)n1cnc(-c2cccc([N+](=O)[O-])c2)c1)C1CCN(Cc2ccccc2)CC1.CO.[Pd]. The van der Waals surface area contributed by atoms with Crippen molar-refractivity contribution in [3.05, 3.63) is 155 Å². The molecule has 0 atom stereocenters. The summed E-state index contributed by atoms with van der Waals surface area (Å²) >= 11 is 0. The summed E-state index contributed by atoms with van der Waals surface area (Å²) in [5.74, 6) is 0. The molecule has 0 radical (unpaired) electrons. The van der Waals surface area contributed by atoms with E-state index in [0.717, 1.165) is 83.3 Å². The van der Waals surface area contributed by atoms with Gasteiger partial charge in [0.1, 0.15) is 12.7 Å². The van der Waals surface area contributed by atoms with Gasteiger partial charge in [0.15, 0.2) is 0 Å². The van der Waals surface area contributed by atoms with Gasteiger partial charge in [0.25, 0.3) is 5.69 Å². The van der Waals surface area contributed by atoms with Crippen molar-refractivity contribution in [3.8, 4) is 22.5 Å². The number of nitrogens with two attached hydrogens (primary N) is 1. The van der Waals surface area contributed by atoms with Gasteiger partial charge < -0.3 is 20.6 Å². The summed E-state index contributed by atoms with van der Waals surface area (Å²) in [6.07, 6.45) is 10.3. The number of benzene rings is 4. The van der Waals surface area contributed by atoms with Crippen molar-refractivity contribution >= 4 is 23.4 Å². The molecule has 0 saturated carbocycles. The van der Waals surface area contributed by atoms with E-state index < -0.39 is 4.92 Å². The van der Waals surface area contributed by atoms with Gasteiger partial charge in [-0.05, 0) is 48.9 Å². The van der Waals surface area contributed by atoms with Crippen molar-refractivity contribution < 1.29 is 40.0 Å². The summed E-state index contributed by atoms with van der Waals surface area (Å²) in [6, 6.07) is 35.0. The molecule has 2 aliphatic heterocycles. The number of non-ortho nitro benzene ring substituents is 1. The van der Waals surface area contributed by atoms with Crippen molar-refractivity contribution in [1.29, 1.82) is 0 Å². The number of piperidine rings is 2. The molecule has 2 aliphatic rings. The smallest absolute Gasteiger partial charge is 0.329 e. The van der Waals surface area contributed by atoms with Crippen molar-refractivity contribution in [2.24, 2.45) is 0 Å². The minimum absolute atomic E-state index is 0. The van der Waals surface area contributed by atoms with Gasteiger partial charge in [0.2, 0.25) is 0 Å². The fourth-order valence-corrected chi connectivity index (χ4v) is 7.92. The number of nitrogen functional groups attached to an aromatic ring is 1. The maximum absolute atomic E-state index is 13.0. The zero-order valence-corrected chi connectivity index (χ0v) is 37.5. The summed E-state index contributed by atoms with van der Waals surface area (Å²) in [4.78, 5) is 53.6. The first-order chi connectivity index (χ1) is 30.1. The average molecular weight is 947 g/mol. The number of hydrogen-bond acceptors (Lipinski definition) is 10. The number of anilines is 1. The number of nitro benzene ring substituents is 1. The van der Waals surface area contributed by atoms with Crippen LogP contribution in [0.4, 0.5) is 21.0 Å². The topological polar surface area (TPSA) is 172 Å². The summed E-state index contributed by atoms with van der Waals surface area (Å²) in [7, 11) is 4.72. The van der Waals surface area contributed by atoms with Gasteiger partial charge in [-0.15, -0.1) is 0 Å². The first-order valence-corrected chi connectivity index (χ1v) is 20.8. The van der Waals surface area contributed by atoms with Crippen LogP contribution in [0, 0.1) is 10.1 Å². The number of nitrogens with zero attached hydrogens (tertiary/aromatic N) is 9. The number of carbonyl (C=O) groups is 2. The van der Waals surface area contributed by atoms with E-state index in [1.165, 1.54) is 34.2 Å². The van der Waals surface area contributed by atoms with Crippen LogP contribution in [0.15, 0.2) is 134 Å². The molecule has 2 amide bonds. The molecule has 15 nitrogen and oxygen atoms in total. The van der Waals surface area contributed by atoms with Crippen molar-refractivity contribution in [2.45, 2.75) is 50.9 Å². The van der Waals surface area contributed by atoms with Gasteiger partial charge >= 0.3 is 12.1 Å². The second kappa shape index (κ2) is 23.4. The Kier molecular flexibility index (Phi) is 17.9. The minimum atomic E-state index is -0.441. The fourth-order valence-electron chi connectivity index (χ4n) is 7.92. The average Bonchev–Trinajstić information content (AvgIpc) is 4.02. The Bertz CT molecular complexity index is 2360. The van der Waals surface area contributed by atoms with Crippen LogP contribution in [0.2, 0.25) is 0 Å². The third-order valence-electron chi connectivity index (χ3n) is 11.5. The van der Waals surface area contributed by atoms with Crippen LogP contribution in [0.3, 0.4) is 0 Å². The standard InChI is InChI=1S/C23H25N5O3.C23H27N5O.CH4O.Pd/c1-25(20-10-12-26(13-11-20)15-18-6-3-2-4-7-18)23(29)27-16-22(24-17-27)19-8-5-9-21(14-19)28(30)31;1-26(21-10-12-27(13-11-21)15-18-6-3-2-4-7-18)23(29)28-16-22(25-17-28)19-8-5-9-20(24)14-19;1-2;/h2-9,14,16-17,20H,10-13,15H2,1H3;2-9,14,16-17,21H,10-13,15,24H2,1H3;2H,1H3;. The second-order valence-corrected chi connectivity index (χ2v) is 15.5. The molecule has 2 fully saturated rings. The predicted molar refractivity (Wildman–Crippen MR) is 241 cm³/mol. The van der Waals surface area contributed by atoms with E-state index in [-0.39, 0.29) is 50.3 Å². The molecule has 4 heterocycles. The number of aromatic nitrogens is 4. The van der Waals surface area contributed by atoms with Gasteiger partial charge in [-0.1, -0.05) is 84.9 Å². The van der Waals surface area contributed by atoms with E-state index >= 15 is 0 Å². The zero-order chi connectivity index (χ0) is 44.0. The minimum Gasteiger partial charge on any atom is -0.400 e. The number of aliphatic hydroxyl groups is 1. The molecule has 8 rings (SSSR count). The molecule has 16 heteroatoms. The molecule has 2 aromatic heterocycles. The maximum atomic E-state index is 13.0. The van der Waals surface area contributed by atoms with Crippen molar-refractivity contribution in [2.75, 3.05) is 53.1 Å². The van der Waals surface area contributed by atoms with Crippen LogP contribution >= 0.6 is 0 Å². The van der Waals surface area contributed by atoms with E-state index in [0.29, 0.717) is 16.9 Å². The molecule has 2 saturated heterocycles. The molecule has 63 heavy (non-hydrogen) atoms. The van der Waals surface area contributed by atoms with E-state index in [1.807, 2.05) is 55.4 Å². The Labute approximate surface area is 382 Å². The molecule has 334 valence electrons. The van der Waals surface area contributed by atoms with Gasteiger partial charge in [-0.3, -0.25) is 29.0 Å². The Morgan fingerprint density at radius 2 is 1.08 bits per heavy atom. The number of aliphatic hydroxyl groups excluding tert-OH is 1. The quantitative estimate of drug-likeness (QED) is 0.0648. The van der Waals surface area contributed by atoms with E-state index in [2.05, 4.69) is 68.3 Å². The number of hydrogen-bond donors (Lipinski definition) is 2. The van der Waals surface area contributed by atoms with Gasteiger partial charge in [0, 0.05) is 134 Å². The summed E-state index contributed by atoms with van der Waals surface area (Å²) in [5, 5.41) is 18.0. The van der Waals surface area contributed by atoms with Gasteiger partial charge in [-0.25, -0.2) is 19.6 Å². The van der Waals surface area contributed by atoms with Crippen molar-refractivity contribution in [3.63, 3.8) is 0 Å². The van der Waals surface area contributed by atoms with Crippen LogP contribution < -0.4 is 5.73 Å². The molecule has 0 unspecified atom stereocenters. The molecule has 0 spiro atoms. The van der Waals surface area contributed by atoms with Crippen LogP contribution in [0.1, 0.15) is 36.8 Å². The Hall–Kier alpha value is -6.02. The summed E-state index contributed by atoms with van der Waals surface area (Å²) in [6.45, 7) is 5.78. The molecular weight excluding hydrogens is 891 g/mol. The van der Waals surface area contributed by atoms with Gasteiger partial charge in [-0.2, -0.15) is 0 Å². The number of nitro groups is 1. The number of amides is 2. The van der Waals surface area contributed by atoms with Crippen LogP contribution in [0.5, 0.6) is 0 Å². The molecular formula is C47H56N10O5Pd. The monoisotopic (exact) mass is 946 g/mol. The third-order valence-corrected chi connectivity index (χ3v) is 11.5. The van der Waals surface area contributed by atoms with Crippen LogP contribution in [-0.2, 0) is 33.5 Å². The Morgan fingerprint density at radius 1 is 0.667 bits per heavy atom. The number of rotatable bonds is 9. The molecule has 0 aliphatic carbocycles. The van der Waals surface area contributed by atoms with E-state index in [9.17, 15) is 19.7 Å². The largest absolute Gasteiger partial charge is 0.400 e. The van der Waals surface area contributed by atoms with Gasteiger partial charge in [0.05, 0.1) is 16.3 Å². The Balaban J connectivity index is 0.000000226. The first kappa shape index (κ1) is 48.0. The van der Waals surface area contributed by atoms with Crippen molar-refractivity contribution in [1.82, 2.24) is 38.7 Å². The third kappa shape index (κ3) is 13.0. The number of imidazole rings is 2. The first-order valence-electron chi connectivity index (χ1n) is 20.8. The van der Waals surface area contributed by atoms with Crippen LogP contribution in [0.25, 0.3) is 22.5 Å². The fraction of sp³-hybridized carbons (Fsp3) is 0.319. The molecule has 0 bridgehead atoms.